The Kier molecular flexibility index (Phi) is 7.97. The molecule has 0 heterocycles. The lowest BCUT2D eigenvalue weighted by Gasteiger charge is -2.37. The van der Waals surface area contributed by atoms with E-state index in [4.69, 9.17) is 5.11 Å². The highest BCUT2D eigenvalue weighted by Crippen LogP contribution is 2.45. The Labute approximate surface area is 138 Å². The minimum absolute atomic E-state index is 0.111. The molecule has 21 heavy (non-hydrogen) atoms. The third-order valence-electron chi connectivity index (χ3n) is 3.39. The second-order valence-corrected chi connectivity index (χ2v) is 11.0. The zero-order chi connectivity index (χ0) is 16.9. The van der Waals surface area contributed by atoms with Gasteiger partial charge in [-0.1, -0.05) is 55.4 Å². The van der Waals surface area contributed by atoms with Crippen molar-refractivity contribution in [3.8, 4) is 0 Å². The van der Waals surface area contributed by atoms with Crippen LogP contribution in [-0.4, -0.2) is 15.7 Å². The summed E-state index contributed by atoms with van der Waals surface area (Å²) in [5, 5.41) is 9.32. The molecule has 0 fully saturated rings. The van der Waals surface area contributed by atoms with E-state index in [1.807, 2.05) is 11.8 Å². The normalized spacial score (nSPS) is 18.2. The van der Waals surface area contributed by atoms with E-state index >= 15 is 0 Å². The highest BCUT2D eigenvalue weighted by atomic mass is 32.2. The molecule has 0 aromatic rings. The minimum atomic E-state index is -0.111. The van der Waals surface area contributed by atoms with Gasteiger partial charge in [0.15, 0.2) is 0 Å². The number of azo groups is 1. The molecule has 3 heteroatoms. The van der Waals surface area contributed by atoms with E-state index in [9.17, 15) is 0 Å². The van der Waals surface area contributed by atoms with Crippen molar-refractivity contribution in [2.75, 3.05) is 0 Å². The summed E-state index contributed by atoms with van der Waals surface area (Å²) < 4.78 is 0.212. The van der Waals surface area contributed by atoms with Gasteiger partial charge in [0.25, 0.3) is 0 Å². The van der Waals surface area contributed by atoms with Crippen LogP contribution in [0.2, 0.25) is 0 Å². The minimum Gasteiger partial charge on any atom is -0.190 e. The first kappa shape index (κ1) is 20.9. The molecular formula is C18H38N2S. The van der Waals surface area contributed by atoms with Crippen LogP contribution >= 0.6 is 11.8 Å². The van der Waals surface area contributed by atoms with Crippen LogP contribution in [-0.2, 0) is 0 Å². The van der Waals surface area contributed by atoms with Gasteiger partial charge >= 0.3 is 0 Å². The molecule has 0 saturated carbocycles. The van der Waals surface area contributed by atoms with E-state index < -0.39 is 0 Å². The Balaban J connectivity index is 4.83. The first-order valence-electron chi connectivity index (χ1n) is 8.41. The molecule has 0 aromatic heterocycles. The monoisotopic (exact) mass is 314 g/mol. The zero-order valence-electron chi connectivity index (χ0n) is 16.1. The molecule has 0 amide bonds. The molecule has 0 aliphatic rings. The highest BCUT2D eigenvalue weighted by Gasteiger charge is 2.34. The van der Waals surface area contributed by atoms with Crippen LogP contribution in [0, 0.1) is 11.3 Å². The first-order valence-corrected chi connectivity index (χ1v) is 9.22. The standard InChI is InChI=1S/C18H38N2S/c1-11-18(10,20-19-15(4)12-14(2)3)21-17(8,9)13-16(5,6)7/h14-15H,11-13H2,1-10H3. The maximum absolute atomic E-state index is 4.73. The summed E-state index contributed by atoms with van der Waals surface area (Å²) in [6, 6.07) is 0.321. The van der Waals surface area contributed by atoms with Gasteiger partial charge in [0.1, 0.15) is 4.87 Å². The summed E-state index contributed by atoms with van der Waals surface area (Å²) in [5.74, 6) is 0.678. The van der Waals surface area contributed by atoms with Crippen molar-refractivity contribution < 1.29 is 0 Å². The van der Waals surface area contributed by atoms with Gasteiger partial charge in [-0.05, 0) is 44.4 Å². The second-order valence-electron chi connectivity index (χ2n) is 8.82. The van der Waals surface area contributed by atoms with Crippen LogP contribution in [0.3, 0.4) is 0 Å². The van der Waals surface area contributed by atoms with Gasteiger partial charge in [-0.2, -0.15) is 10.2 Å². The fraction of sp³-hybridized carbons (Fsp3) is 1.00. The SMILES string of the molecule is CCC(C)(N=NC(C)CC(C)C)SC(C)(C)CC(C)(C)C. The maximum Gasteiger partial charge on any atom is 0.124 e. The molecule has 126 valence electrons. The van der Waals surface area contributed by atoms with Gasteiger partial charge in [0, 0.05) is 4.75 Å². The van der Waals surface area contributed by atoms with Crippen molar-refractivity contribution in [2.24, 2.45) is 21.6 Å². The average molecular weight is 315 g/mol. The van der Waals surface area contributed by atoms with Crippen molar-refractivity contribution in [3.63, 3.8) is 0 Å². The summed E-state index contributed by atoms with van der Waals surface area (Å²) in [4.78, 5) is -0.111. The Morgan fingerprint density at radius 2 is 1.48 bits per heavy atom. The van der Waals surface area contributed by atoms with Crippen LogP contribution in [0.5, 0.6) is 0 Å². The summed E-state index contributed by atoms with van der Waals surface area (Å²) in [6.07, 6.45) is 3.31. The molecule has 0 aromatic carbocycles. The van der Waals surface area contributed by atoms with Crippen LogP contribution in [0.4, 0.5) is 0 Å². The topological polar surface area (TPSA) is 24.7 Å². The van der Waals surface area contributed by atoms with Gasteiger partial charge < -0.3 is 0 Å². The molecule has 2 nitrogen and oxygen atoms in total. The summed E-state index contributed by atoms with van der Waals surface area (Å²) in [7, 11) is 0. The lowest BCUT2D eigenvalue weighted by Crippen LogP contribution is -2.30. The Hall–Kier alpha value is -0.0500. The van der Waals surface area contributed by atoms with Crippen molar-refractivity contribution in [2.45, 2.75) is 104 Å². The van der Waals surface area contributed by atoms with E-state index in [2.05, 4.69) is 74.4 Å². The molecule has 2 atom stereocenters. The molecule has 0 aliphatic heterocycles. The van der Waals surface area contributed by atoms with Gasteiger partial charge in [0.2, 0.25) is 0 Å². The smallest absolute Gasteiger partial charge is 0.124 e. The van der Waals surface area contributed by atoms with Crippen molar-refractivity contribution in [1.82, 2.24) is 0 Å². The van der Waals surface area contributed by atoms with Crippen molar-refractivity contribution in [1.29, 1.82) is 0 Å². The second kappa shape index (κ2) is 7.99. The lowest BCUT2D eigenvalue weighted by atomic mass is 9.86. The third-order valence-corrected chi connectivity index (χ3v) is 4.89. The molecule has 0 spiro atoms. The average Bonchev–Trinajstić information content (AvgIpc) is 2.21. The third kappa shape index (κ3) is 10.3. The van der Waals surface area contributed by atoms with E-state index in [1.54, 1.807) is 0 Å². The predicted octanol–water partition coefficient (Wildman–Crippen LogP) is 6.95. The molecule has 2 unspecified atom stereocenters. The fourth-order valence-corrected chi connectivity index (χ4v) is 4.95. The van der Waals surface area contributed by atoms with Crippen LogP contribution in [0.1, 0.15) is 88.5 Å². The van der Waals surface area contributed by atoms with Crippen LogP contribution in [0.15, 0.2) is 10.2 Å². The summed E-state index contributed by atoms with van der Waals surface area (Å²) in [6.45, 7) is 22.7. The summed E-state index contributed by atoms with van der Waals surface area (Å²) >= 11 is 1.98. The molecule has 0 bridgehead atoms. The molecule has 0 rings (SSSR count). The van der Waals surface area contributed by atoms with E-state index in [1.165, 1.54) is 6.42 Å². The van der Waals surface area contributed by atoms with Gasteiger partial charge in [-0.25, -0.2) is 0 Å². The lowest BCUT2D eigenvalue weighted by molar-refractivity contribution is 0.337. The first-order chi connectivity index (χ1) is 9.29. The number of nitrogens with zero attached hydrogens (tertiary/aromatic N) is 2. The number of hydrogen-bond acceptors (Lipinski definition) is 3. The number of thioether (sulfide) groups is 1. The van der Waals surface area contributed by atoms with E-state index in [-0.39, 0.29) is 9.62 Å². The zero-order valence-corrected chi connectivity index (χ0v) is 16.9. The predicted molar refractivity (Wildman–Crippen MR) is 98.2 cm³/mol. The Morgan fingerprint density at radius 1 is 0.952 bits per heavy atom. The fourth-order valence-electron chi connectivity index (χ4n) is 3.02. The van der Waals surface area contributed by atoms with Crippen LogP contribution in [0.25, 0.3) is 0 Å². The Bertz CT molecular complexity index is 329. The number of hydrogen-bond donors (Lipinski definition) is 0. The Morgan fingerprint density at radius 3 is 1.86 bits per heavy atom. The van der Waals surface area contributed by atoms with Crippen molar-refractivity contribution >= 4 is 11.8 Å². The van der Waals surface area contributed by atoms with Gasteiger partial charge in [-0.15, -0.1) is 11.8 Å². The summed E-state index contributed by atoms with van der Waals surface area (Å²) in [5.41, 5.74) is 0.341. The molecular weight excluding hydrogens is 276 g/mol. The molecule has 0 aliphatic carbocycles. The maximum atomic E-state index is 4.73. The molecule has 0 saturated heterocycles. The van der Waals surface area contributed by atoms with E-state index in [0.29, 0.717) is 17.4 Å². The van der Waals surface area contributed by atoms with Gasteiger partial charge in [0.05, 0.1) is 6.04 Å². The van der Waals surface area contributed by atoms with Crippen molar-refractivity contribution in [3.05, 3.63) is 0 Å². The van der Waals surface area contributed by atoms with Gasteiger partial charge in [-0.3, -0.25) is 0 Å². The molecule has 0 radical (unpaired) electrons. The van der Waals surface area contributed by atoms with E-state index in [0.717, 1.165) is 12.8 Å². The van der Waals surface area contributed by atoms with Crippen LogP contribution < -0.4 is 0 Å². The number of rotatable bonds is 8. The largest absolute Gasteiger partial charge is 0.190 e. The quantitative estimate of drug-likeness (QED) is 0.445. The molecule has 0 N–H and O–H groups in total. The highest BCUT2D eigenvalue weighted by molar-refractivity contribution is 8.01.